The molecule has 0 radical (unpaired) electrons. The first kappa shape index (κ1) is 11.9. The molecular formula is C15H17N3O2. The predicted octanol–water partition coefficient (Wildman–Crippen LogP) is 2.35. The van der Waals surface area contributed by atoms with Crippen LogP contribution in [0, 0.1) is 0 Å². The molecule has 5 heteroatoms. The molecule has 2 fully saturated rings. The van der Waals surface area contributed by atoms with Gasteiger partial charge in [-0.05, 0) is 37.6 Å². The maximum absolute atomic E-state index is 6.34. The summed E-state index contributed by atoms with van der Waals surface area (Å²) in [7, 11) is 0. The Bertz CT molecular complexity index is 595. The smallest absolute Gasteiger partial charge is 0.247 e. The Morgan fingerprint density at radius 1 is 1.25 bits per heavy atom. The normalized spacial score (nSPS) is 28.5. The zero-order valence-corrected chi connectivity index (χ0v) is 11.3. The summed E-state index contributed by atoms with van der Waals surface area (Å²) in [6.07, 6.45) is 4.84. The fourth-order valence-electron chi connectivity index (χ4n) is 3.32. The predicted molar refractivity (Wildman–Crippen MR) is 73.4 cm³/mol. The van der Waals surface area contributed by atoms with Crippen LogP contribution < -0.4 is 4.74 Å². The second-order valence-corrected chi connectivity index (χ2v) is 5.69. The molecular weight excluding hydrogens is 254 g/mol. The standard InChI is InChI=1S/C15H17N3O2/c1-3-12(14-17-16-11-19-14)9-13(4-1)20-15-5-2-7-18(10-15)8-6-15/h1,3-4,9,11H,2,5-8,10H2. The van der Waals surface area contributed by atoms with Crippen LogP contribution in [0.2, 0.25) is 0 Å². The Hall–Kier alpha value is -1.88. The van der Waals surface area contributed by atoms with Gasteiger partial charge in [-0.1, -0.05) is 6.07 Å². The molecule has 2 saturated heterocycles. The summed E-state index contributed by atoms with van der Waals surface area (Å²) in [5.74, 6) is 1.43. The highest BCUT2D eigenvalue weighted by atomic mass is 16.5. The number of piperidine rings is 1. The molecule has 2 aliphatic rings. The van der Waals surface area contributed by atoms with Crippen LogP contribution in [0.3, 0.4) is 0 Å². The molecule has 4 rings (SSSR count). The van der Waals surface area contributed by atoms with Crippen molar-refractivity contribution in [3.63, 3.8) is 0 Å². The van der Waals surface area contributed by atoms with Crippen molar-refractivity contribution >= 4 is 0 Å². The van der Waals surface area contributed by atoms with E-state index in [-0.39, 0.29) is 5.60 Å². The molecule has 2 aliphatic heterocycles. The number of nitrogens with zero attached hydrogens (tertiary/aromatic N) is 3. The van der Waals surface area contributed by atoms with Gasteiger partial charge in [0.1, 0.15) is 11.4 Å². The molecule has 5 nitrogen and oxygen atoms in total. The van der Waals surface area contributed by atoms with Crippen molar-refractivity contribution in [3.8, 4) is 17.2 Å². The van der Waals surface area contributed by atoms with Crippen LogP contribution in [0.15, 0.2) is 35.1 Å². The first-order valence-corrected chi connectivity index (χ1v) is 7.11. The Balaban J connectivity index is 1.59. The van der Waals surface area contributed by atoms with E-state index in [0.717, 1.165) is 37.2 Å². The highest BCUT2D eigenvalue weighted by Crippen LogP contribution is 2.36. The molecule has 0 spiro atoms. The minimum atomic E-state index is 0.00567. The highest BCUT2D eigenvalue weighted by molar-refractivity contribution is 5.55. The van der Waals surface area contributed by atoms with Gasteiger partial charge >= 0.3 is 0 Å². The average Bonchev–Trinajstić information content (AvgIpc) is 3.08. The molecule has 20 heavy (non-hydrogen) atoms. The van der Waals surface area contributed by atoms with E-state index >= 15 is 0 Å². The van der Waals surface area contributed by atoms with Gasteiger partial charge in [0.05, 0.1) is 0 Å². The van der Waals surface area contributed by atoms with Crippen LogP contribution in [0.25, 0.3) is 11.5 Å². The van der Waals surface area contributed by atoms with Crippen LogP contribution in [0.4, 0.5) is 0 Å². The lowest BCUT2D eigenvalue weighted by Gasteiger charge is -2.34. The number of rotatable bonds is 3. The van der Waals surface area contributed by atoms with Gasteiger partial charge in [0.2, 0.25) is 12.3 Å². The van der Waals surface area contributed by atoms with Gasteiger partial charge in [0.25, 0.3) is 0 Å². The van der Waals surface area contributed by atoms with Gasteiger partial charge in [-0.15, -0.1) is 10.2 Å². The molecule has 1 aromatic heterocycles. The summed E-state index contributed by atoms with van der Waals surface area (Å²) in [6.45, 7) is 3.42. The second-order valence-electron chi connectivity index (χ2n) is 5.69. The molecule has 0 saturated carbocycles. The van der Waals surface area contributed by atoms with E-state index in [2.05, 4.69) is 15.1 Å². The van der Waals surface area contributed by atoms with E-state index < -0.39 is 0 Å². The molecule has 2 atom stereocenters. The van der Waals surface area contributed by atoms with Gasteiger partial charge in [-0.2, -0.15) is 0 Å². The zero-order chi connectivity index (χ0) is 13.4. The van der Waals surface area contributed by atoms with E-state index in [9.17, 15) is 0 Å². The first-order chi connectivity index (χ1) is 9.83. The van der Waals surface area contributed by atoms with Gasteiger partial charge in [-0.25, -0.2) is 0 Å². The van der Waals surface area contributed by atoms with Crippen LogP contribution >= 0.6 is 0 Å². The molecule has 0 N–H and O–H groups in total. The van der Waals surface area contributed by atoms with E-state index in [1.807, 2.05) is 24.3 Å². The summed E-state index contributed by atoms with van der Waals surface area (Å²) < 4.78 is 11.6. The summed E-state index contributed by atoms with van der Waals surface area (Å²) in [6, 6.07) is 7.92. The summed E-state index contributed by atoms with van der Waals surface area (Å²) in [4.78, 5) is 2.49. The number of hydrogen-bond acceptors (Lipinski definition) is 5. The van der Waals surface area contributed by atoms with Gasteiger partial charge in [0, 0.05) is 25.1 Å². The topological polar surface area (TPSA) is 51.4 Å². The van der Waals surface area contributed by atoms with E-state index in [4.69, 9.17) is 9.15 Å². The SMILES string of the molecule is c1cc(OC23CCCN(CC2)C3)cc(-c2nnco2)c1. The average molecular weight is 271 g/mol. The minimum absolute atomic E-state index is 0.00567. The Morgan fingerprint density at radius 3 is 3.15 bits per heavy atom. The molecule has 104 valence electrons. The maximum Gasteiger partial charge on any atom is 0.247 e. The molecule has 1 aromatic carbocycles. The van der Waals surface area contributed by atoms with Crippen molar-refractivity contribution < 1.29 is 9.15 Å². The van der Waals surface area contributed by atoms with Crippen LogP contribution in [0.5, 0.6) is 5.75 Å². The van der Waals surface area contributed by atoms with E-state index in [1.165, 1.54) is 19.4 Å². The summed E-state index contributed by atoms with van der Waals surface area (Å²) >= 11 is 0. The quantitative estimate of drug-likeness (QED) is 0.857. The van der Waals surface area contributed by atoms with Crippen molar-refractivity contribution in [2.24, 2.45) is 0 Å². The van der Waals surface area contributed by atoms with Crippen LogP contribution in [-0.4, -0.2) is 40.3 Å². The minimum Gasteiger partial charge on any atom is -0.486 e. The number of ether oxygens (including phenoxy) is 1. The number of fused-ring (bicyclic) bond motifs is 2. The third-order valence-corrected chi connectivity index (χ3v) is 4.28. The lowest BCUT2D eigenvalue weighted by Crippen LogP contribution is -2.43. The molecule has 0 amide bonds. The molecule has 2 aromatic rings. The number of hydrogen-bond donors (Lipinski definition) is 0. The Kier molecular flexibility index (Phi) is 2.73. The maximum atomic E-state index is 6.34. The van der Waals surface area contributed by atoms with Crippen molar-refractivity contribution in [1.82, 2.24) is 15.1 Å². The number of aromatic nitrogens is 2. The molecule has 2 unspecified atom stereocenters. The second kappa shape index (κ2) is 4.59. The van der Waals surface area contributed by atoms with E-state index in [0.29, 0.717) is 5.89 Å². The largest absolute Gasteiger partial charge is 0.486 e. The summed E-state index contributed by atoms with van der Waals surface area (Å²) in [5.41, 5.74) is 0.910. The highest BCUT2D eigenvalue weighted by Gasteiger charge is 2.42. The van der Waals surface area contributed by atoms with Crippen LogP contribution in [-0.2, 0) is 0 Å². The Labute approximate surface area is 117 Å². The fraction of sp³-hybridized carbons (Fsp3) is 0.467. The van der Waals surface area contributed by atoms with Crippen molar-refractivity contribution in [2.45, 2.75) is 24.9 Å². The molecule has 0 aliphatic carbocycles. The fourth-order valence-corrected chi connectivity index (χ4v) is 3.32. The van der Waals surface area contributed by atoms with Crippen molar-refractivity contribution in [2.75, 3.05) is 19.6 Å². The molecule has 3 heterocycles. The third-order valence-electron chi connectivity index (χ3n) is 4.28. The lowest BCUT2D eigenvalue weighted by molar-refractivity contribution is 0.0453. The third kappa shape index (κ3) is 2.08. The zero-order valence-electron chi connectivity index (χ0n) is 11.3. The first-order valence-electron chi connectivity index (χ1n) is 7.11. The van der Waals surface area contributed by atoms with Gasteiger partial charge in [-0.3, -0.25) is 4.90 Å². The van der Waals surface area contributed by atoms with E-state index in [1.54, 1.807) is 0 Å². The van der Waals surface area contributed by atoms with Crippen molar-refractivity contribution in [1.29, 1.82) is 0 Å². The van der Waals surface area contributed by atoms with Gasteiger partial charge < -0.3 is 9.15 Å². The molecule has 2 bridgehead atoms. The Morgan fingerprint density at radius 2 is 2.25 bits per heavy atom. The summed E-state index contributed by atoms with van der Waals surface area (Å²) in [5, 5.41) is 7.66. The van der Waals surface area contributed by atoms with Crippen molar-refractivity contribution in [3.05, 3.63) is 30.7 Å². The lowest BCUT2D eigenvalue weighted by atomic mass is 9.94. The van der Waals surface area contributed by atoms with Gasteiger partial charge in [0.15, 0.2) is 0 Å². The van der Waals surface area contributed by atoms with Crippen LogP contribution in [0.1, 0.15) is 19.3 Å². The number of benzene rings is 1. The monoisotopic (exact) mass is 271 g/mol.